The first kappa shape index (κ1) is 30.8. The summed E-state index contributed by atoms with van der Waals surface area (Å²) in [5.74, 6) is -5.27. The molecule has 0 aliphatic heterocycles. The van der Waals surface area contributed by atoms with E-state index in [2.05, 4.69) is 16.0 Å². The lowest BCUT2D eigenvalue weighted by atomic mass is 10.00. The van der Waals surface area contributed by atoms with E-state index in [1.807, 2.05) is 27.7 Å². The molecule has 34 heavy (non-hydrogen) atoms. The van der Waals surface area contributed by atoms with Crippen LogP contribution in [0.1, 0.15) is 59.8 Å². The fourth-order valence-electron chi connectivity index (χ4n) is 3.10. The van der Waals surface area contributed by atoms with Crippen LogP contribution in [0, 0.1) is 11.8 Å². The maximum Gasteiger partial charge on any atom is 0.326 e. The van der Waals surface area contributed by atoms with Crippen molar-refractivity contribution in [1.29, 1.82) is 0 Å². The number of nitrogens with one attached hydrogen (secondary N) is 3. The molecule has 0 heterocycles. The Bertz CT molecular complexity index is 756. The van der Waals surface area contributed by atoms with Crippen LogP contribution in [0.2, 0.25) is 0 Å². The molecule has 4 unspecified atom stereocenters. The van der Waals surface area contributed by atoms with E-state index >= 15 is 0 Å². The number of carboxylic acids is 1. The summed E-state index contributed by atoms with van der Waals surface area (Å²) in [6, 6.07) is -4.88. The number of aliphatic carboxylic acids is 1. The zero-order valence-electron chi connectivity index (χ0n) is 20.1. The van der Waals surface area contributed by atoms with Gasteiger partial charge < -0.3 is 38.3 Å². The van der Waals surface area contributed by atoms with Crippen LogP contribution in [0.15, 0.2) is 0 Å². The summed E-state index contributed by atoms with van der Waals surface area (Å²) in [5, 5.41) is 16.4. The zero-order chi connectivity index (χ0) is 26.6. The summed E-state index contributed by atoms with van der Waals surface area (Å²) in [4.78, 5) is 71.8. The first-order valence-electron chi connectivity index (χ1n) is 11.1. The molecule has 0 radical (unpaired) electrons. The second-order valence-corrected chi connectivity index (χ2v) is 9.06. The molecule has 10 N–H and O–H groups in total. The van der Waals surface area contributed by atoms with Gasteiger partial charge in [-0.1, -0.05) is 27.7 Å². The Hall–Kier alpha value is -3.22. The van der Waals surface area contributed by atoms with Crippen molar-refractivity contribution in [3.05, 3.63) is 0 Å². The third-order valence-corrected chi connectivity index (χ3v) is 4.73. The molecule has 0 spiro atoms. The quantitative estimate of drug-likeness (QED) is 0.129. The van der Waals surface area contributed by atoms with Crippen LogP contribution < -0.4 is 33.2 Å². The van der Waals surface area contributed by atoms with Gasteiger partial charge in [-0.3, -0.25) is 24.0 Å². The van der Waals surface area contributed by atoms with Gasteiger partial charge in [-0.15, -0.1) is 0 Å². The van der Waals surface area contributed by atoms with E-state index in [1.165, 1.54) is 0 Å². The van der Waals surface area contributed by atoms with Crippen LogP contribution in [0.3, 0.4) is 0 Å². The lowest BCUT2D eigenvalue weighted by Crippen LogP contribution is -2.58. The fraction of sp³-hybridized carbons (Fsp3) is 0.714. The molecule has 0 bridgehead atoms. The number of primary amides is 2. The van der Waals surface area contributed by atoms with Crippen molar-refractivity contribution in [2.24, 2.45) is 29.0 Å². The number of nitrogens with two attached hydrogens (primary N) is 3. The molecule has 13 nitrogen and oxygen atoms in total. The smallest absolute Gasteiger partial charge is 0.326 e. The predicted octanol–water partition coefficient (Wildman–Crippen LogP) is -1.91. The molecule has 0 aromatic carbocycles. The monoisotopic (exact) mass is 486 g/mol. The van der Waals surface area contributed by atoms with Gasteiger partial charge in [-0.25, -0.2) is 4.79 Å². The molecular formula is C21H38N6O7. The molecular weight excluding hydrogens is 448 g/mol. The van der Waals surface area contributed by atoms with Gasteiger partial charge in [-0.2, -0.15) is 0 Å². The van der Waals surface area contributed by atoms with E-state index in [4.69, 9.17) is 17.2 Å². The third kappa shape index (κ3) is 12.7. The van der Waals surface area contributed by atoms with Crippen LogP contribution in [0.25, 0.3) is 0 Å². The van der Waals surface area contributed by atoms with Crippen molar-refractivity contribution in [3.63, 3.8) is 0 Å². The summed E-state index contributed by atoms with van der Waals surface area (Å²) in [7, 11) is 0. The summed E-state index contributed by atoms with van der Waals surface area (Å²) in [5.41, 5.74) is 16.1. The maximum absolute atomic E-state index is 12.9. The van der Waals surface area contributed by atoms with Gasteiger partial charge in [0.05, 0.1) is 12.5 Å². The molecule has 0 aliphatic rings. The second-order valence-electron chi connectivity index (χ2n) is 9.06. The number of hydrogen-bond acceptors (Lipinski definition) is 7. The standard InChI is InChI=1S/C21H38N6O7/c1-10(2)7-12(22)18(30)26-14(8-11(3)4)19(31)27-15(9-17(24)29)20(32)25-13(21(33)34)5-6-16(23)28/h10-15H,5-9,22H2,1-4H3,(H2,23,28)(H2,24,29)(H,25,32)(H,26,30)(H,27,31)(H,33,34). The van der Waals surface area contributed by atoms with E-state index in [0.29, 0.717) is 6.42 Å². The predicted molar refractivity (Wildman–Crippen MR) is 123 cm³/mol. The molecule has 0 rings (SSSR count). The Morgan fingerprint density at radius 3 is 1.62 bits per heavy atom. The van der Waals surface area contributed by atoms with E-state index in [0.717, 1.165) is 0 Å². The number of rotatable bonds is 16. The highest BCUT2D eigenvalue weighted by Crippen LogP contribution is 2.09. The molecule has 0 aromatic rings. The topological polar surface area (TPSA) is 237 Å². The minimum Gasteiger partial charge on any atom is -0.480 e. The molecule has 0 aliphatic carbocycles. The van der Waals surface area contributed by atoms with Crippen molar-refractivity contribution in [2.45, 2.75) is 84.0 Å². The molecule has 0 fully saturated rings. The largest absolute Gasteiger partial charge is 0.480 e. The van der Waals surface area contributed by atoms with Gasteiger partial charge >= 0.3 is 5.97 Å². The first-order valence-corrected chi connectivity index (χ1v) is 11.1. The van der Waals surface area contributed by atoms with E-state index in [9.17, 15) is 33.9 Å². The molecule has 0 saturated heterocycles. The lowest BCUT2D eigenvalue weighted by molar-refractivity contribution is -0.142. The van der Waals surface area contributed by atoms with Crippen molar-refractivity contribution < 1.29 is 33.9 Å². The molecule has 0 aromatic heterocycles. The third-order valence-electron chi connectivity index (χ3n) is 4.73. The maximum atomic E-state index is 12.9. The van der Waals surface area contributed by atoms with Crippen molar-refractivity contribution in [2.75, 3.05) is 0 Å². The number of carbonyl (C=O) groups is 6. The molecule has 5 amide bonds. The Balaban J connectivity index is 5.52. The van der Waals surface area contributed by atoms with Crippen molar-refractivity contribution in [1.82, 2.24) is 16.0 Å². The van der Waals surface area contributed by atoms with Gasteiger partial charge in [0, 0.05) is 6.42 Å². The van der Waals surface area contributed by atoms with Crippen LogP contribution >= 0.6 is 0 Å². The highest BCUT2D eigenvalue weighted by atomic mass is 16.4. The minimum absolute atomic E-state index is 0.0222. The fourth-order valence-corrected chi connectivity index (χ4v) is 3.10. The van der Waals surface area contributed by atoms with Gasteiger partial charge in [-0.05, 0) is 31.1 Å². The van der Waals surface area contributed by atoms with Crippen LogP contribution in [-0.2, 0) is 28.8 Å². The molecule has 13 heteroatoms. The Morgan fingerprint density at radius 2 is 1.18 bits per heavy atom. The van der Waals surface area contributed by atoms with Gasteiger partial charge in [0.2, 0.25) is 29.5 Å². The van der Waals surface area contributed by atoms with Crippen LogP contribution in [0.5, 0.6) is 0 Å². The van der Waals surface area contributed by atoms with Gasteiger partial charge in [0.15, 0.2) is 0 Å². The van der Waals surface area contributed by atoms with Gasteiger partial charge in [0.25, 0.3) is 0 Å². The molecule has 0 saturated carbocycles. The zero-order valence-corrected chi connectivity index (χ0v) is 20.1. The summed E-state index contributed by atoms with van der Waals surface area (Å²) in [6.45, 7) is 7.44. The van der Waals surface area contributed by atoms with E-state index in [1.54, 1.807) is 0 Å². The van der Waals surface area contributed by atoms with Crippen molar-refractivity contribution >= 4 is 35.5 Å². The Kier molecular flexibility index (Phi) is 13.4. The minimum atomic E-state index is -1.50. The molecule has 194 valence electrons. The average molecular weight is 487 g/mol. The Labute approximate surface area is 198 Å². The molecule has 4 atom stereocenters. The van der Waals surface area contributed by atoms with Gasteiger partial charge in [0.1, 0.15) is 18.1 Å². The number of hydrogen-bond donors (Lipinski definition) is 7. The number of amides is 5. The highest BCUT2D eigenvalue weighted by molar-refractivity contribution is 5.96. The highest BCUT2D eigenvalue weighted by Gasteiger charge is 2.31. The number of carbonyl (C=O) groups excluding carboxylic acids is 5. The number of carboxylic acid groups (broad SMARTS) is 1. The summed E-state index contributed by atoms with van der Waals surface area (Å²) in [6.07, 6.45) is -0.588. The van der Waals surface area contributed by atoms with Crippen LogP contribution in [-0.4, -0.2) is 64.8 Å². The lowest BCUT2D eigenvalue weighted by Gasteiger charge is -2.26. The average Bonchev–Trinajstić information content (AvgIpc) is 2.68. The van der Waals surface area contributed by atoms with E-state index < -0.39 is 66.1 Å². The van der Waals surface area contributed by atoms with Crippen molar-refractivity contribution in [3.8, 4) is 0 Å². The normalized spacial score (nSPS) is 14.6. The Morgan fingerprint density at radius 1 is 0.706 bits per heavy atom. The first-order chi connectivity index (χ1) is 15.6. The second kappa shape index (κ2) is 14.8. The summed E-state index contributed by atoms with van der Waals surface area (Å²) < 4.78 is 0. The SMILES string of the molecule is CC(C)CC(N)C(=O)NC(CC(C)C)C(=O)NC(CC(N)=O)C(=O)NC(CCC(N)=O)C(=O)O. The summed E-state index contributed by atoms with van der Waals surface area (Å²) >= 11 is 0. The van der Waals surface area contributed by atoms with E-state index in [-0.39, 0.29) is 31.1 Å². The van der Waals surface area contributed by atoms with Crippen LogP contribution in [0.4, 0.5) is 0 Å².